The molecule has 0 spiro atoms. The number of carbonyl (C=O) groups is 1. The van der Waals surface area contributed by atoms with Crippen molar-refractivity contribution >= 4 is 5.97 Å². The highest BCUT2D eigenvalue weighted by molar-refractivity contribution is 5.66. The third-order valence-corrected chi connectivity index (χ3v) is 1.91. The van der Waals surface area contributed by atoms with Crippen LogP contribution in [0.1, 0.15) is 19.3 Å². The van der Waals surface area contributed by atoms with Crippen LogP contribution in [0.15, 0.2) is 24.5 Å². The fraction of sp³-hybridized carbons (Fsp3) is 0.400. The van der Waals surface area contributed by atoms with E-state index in [-0.39, 0.29) is 29.2 Å². The Labute approximate surface area is 98.3 Å². The van der Waals surface area contributed by atoms with E-state index in [1.54, 1.807) is 12.4 Å². The van der Waals surface area contributed by atoms with Crippen LogP contribution in [0.4, 0.5) is 4.39 Å². The lowest BCUT2D eigenvalue weighted by Gasteiger charge is -1.95. The van der Waals surface area contributed by atoms with Crippen LogP contribution < -0.4 is 21.5 Å². The topological polar surface area (TPSA) is 41.2 Å². The smallest absolute Gasteiger partial charge is 0.303 e. The van der Waals surface area contributed by atoms with Crippen molar-refractivity contribution in [1.82, 2.24) is 0 Å². The zero-order valence-corrected chi connectivity index (χ0v) is 9.78. The summed E-state index contributed by atoms with van der Waals surface area (Å²) in [5.74, 6) is -1.03. The summed E-state index contributed by atoms with van der Waals surface area (Å²) in [6, 6.07) is 2.77. The van der Waals surface area contributed by atoms with Gasteiger partial charge in [-0.3, -0.25) is 4.79 Å². The minimum absolute atomic E-state index is 0. The lowest BCUT2D eigenvalue weighted by molar-refractivity contribution is -0.697. The van der Waals surface area contributed by atoms with E-state index in [1.165, 1.54) is 12.1 Å². The predicted molar refractivity (Wildman–Crippen MR) is 48.1 cm³/mol. The summed E-state index contributed by atoms with van der Waals surface area (Å²) in [4.78, 5) is 10.2. The Morgan fingerprint density at radius 1 is 1.33 bits per heavy atom. The SMILES string of the molecule is O=C(O)CCCC[n+]1ccc(F)cc1.[Br-]. The highest BCUT2D eigenvalue weighted by Crippen LogP contribution is 1.95. The lowest BCUT2D eigenvalue weighted by Crippen LogP contribution is -3.00. The van der Waals surface area contributed by atoms with E-state index in [9.17, 15) is 9.18 Å². The van der Waals surface area contributed by atoms with Crippen LogP contribution >= 0.6 is 0 Å². The van der Waals surface area contributed by atoms with Gasteiger partial charge in [0.25, 0.3) is 0 Å². The van der Waals surface area contributed by atoms with Crippen LogP contribution in [-0.2, 0) is 11.3 Å². The number of pyridine rings is 1. The molecule has 1 N–H and O–H groups in total. The highest BCUT2D eigenvalue weighted by atomic mass is 79.9. The molecule has 0 amide bonds. The quantitative estimate of drug-likeness (QED) is 0.519. The molecule has 0 aromatic carbocycles. The van der Waals surface area contributed by atoms with Gasteiger partial charge in [-0.2, -0.15) is 0 Å². The third kappa shape index (κ3) is 6.17. The number of aliphatic carboxylic acids is 1. The number of rotatable bonds is 5. The normalized spacial score (nSPS) is 9.40. The summed E-state index contributed by atoms with van der Waals surface area (Å²) in [5.41, 5.74) is 0. The number of carboxylic acid groups (broad SMARTS) is 1. The molecule has 0 bridgehead atoms. The molecule has 0 saturated carbocycles. The van der Waals surface area contributed by atoms with Crippen LogP contribution in [0.25, 0.3) is 0 Å². The number of halogens is 2. The Morgan fingerprint density at radius 3 is 2.47 bits per heavy atom. The minimum Gasteiger partial charge on any atom is -1.00 e. The van der Waals surface area contributed by atoms with Crippen molar-refractivity contribution in [3.63, 3.8) is 0 Å². The minimum atomic E-state index is -0.769. The van der Waals surface area contributed by atoms with Crippen LogP contribution in [0.2, 0.25) is 0 Å². The summed E-state index contributed by atoms with van der Waals surface area (Å²) in [6.07, 6.45) is 4.94. The second-order valence-electron chi connectivity index (χ2n) is 3.11. The van der Waals surface area contributed by atoms with Crippen molar-refractivity contribution in [3.8, 4) is 0 Å². The van der Waals surface area contributed by atoms with Gasteiger partial charge in [0.15, 0.2) is 12.4 Å². The molecule has 3 nitrogen and oxygen atoms in total. The Balaban J connectivity index is 0.00000196. The van der Waals surface area contributed by atoms with E-state index in [2.05, 4.69) is 0 Å². The molecule has 0 aliphatic heterocycles. The second kappa shape index (κ2) is 7.34. The summed E-state index contributed by atoms with van der Waals surface area (Å²) >= 11 is 0. The molecule has 15 heavy (non-hydrogen) atoms. The van der Waals surface area contributed by atoms with E-state index >= 15 is 0 Å². The summed E-state index contributed by atoms with van der Waals surface area (Å²) in [6.45, 7) is 0.730. The van der Waals surface area contributed by atoms with Crippen LogP contribution in [-0.4, -0.2) is 11.1 Å². The van der Waals surface area contributed by atoms with Gasteiger partial charge in [0.1, 0.15) is 12.4 Å². The van der Waals surface area contributed by atoms with Crippen molar-refractivity contribution < 1.29 is 35.8 Å². The molecular weight excluding hydrogens is 265 g/mol. The van der Waals surface area contributed by atoms with E-state index in [0.29, 0.717) is 6.42 Å². The zero-order chi connectivity index (χ0) is 10.4. The molecule has 0 unspecified atom stereocenters. The molecule has 84 valence electrons. The molecule has 1 aromatic heterocycles. The summed E-state index contributed by atoms with van der Waals surface area (Å²) in [5, 5.41) is 8.39. The Kier molecular flexibility index (Phi) is 6.86. The van der Waals surface area contributed by atoms with Crippen LogP contribution in [0.5, 0.6) is 0 Å². The molecule has 0 aliphatic carbocycles. The molecule has 0 radical (unpaired) electrons. The second-order valence-corrected chi connectivity index (χ2v) is 3.11. The molecule has 0 aliphatic rings. The average Bonchev–Trinajstić information content (AvgIpc) is 2.15. The first-order valence-corrected chi connectivity index (χ1v) is 4.55. The Hall–Kier alpha value is -0.970. The number of aromatic nitrogens is 1. The van der Waals surface area contributed by atoms with Gasteiger partial charge in [-0.05, 0) is 6.42 Å². The first-order valence-electron chi connectivity index (χ1n) is 4.55. The van der Waals surface area contributed by atoms with Gasteiger partial charge in [0.05, 0.1) is 0 Å². The number of aryl methyl sites for hydroxylation is 1. The van der Waals surface area contributed by atoms with Crippen molar-refractivity contribution in [2.24, 2.45) is 0 Å². The van der Waals surface area contributed by atoms with Crippen LogP contribution in [0, 0.1) is 5.82 Å². The molecule has 1 rings (SSSR count). The Bertz CT molecular complexity index is 303. The van der Waals surface area contributed by atoms with E-state index < -0.39 is 5.97 Å². The molecule has 1 aromatic rings. The van der Waals surface area contributed by atoms with E-state index in [4.69, 9.17) is 5.11 Å². The number of hydrogen-bond acceptors (Lipinski definition) is 1. The molecule has 5 heteroatoms. The number of hydrogen-bond donors (Lipinski definition) is 1. The predicted octanol–water partition coefficient (Wildman–Crippen LogP) is -1.63. The molecule has 0 saturated heterocycles. The van der Waals surface area contributed by atoms with Crippen LogP contribution in [0.3, 0.4) is 0 Å². The fourth-order valence-corrected chi connectivity index (χ4v) is 1.16. The largest absolute Gasteiger partial charge is 1.00 e. The zero-order valence-electron chi connectivity index (χ0n) is 8.20. The standard InChI is InChI=1S/C10H12FNO2.BrH/c11-9-4-7-12(8-5-9)6-2-1-3-10(13)14;/h4-5,7-8H,1-3,6H2;1H. The van der Waals surface area contributed by atoms with Gasteiger partial charge in [-0.1, -0.05) is 0 Å². The first kappa shape index (κ1) is 14.0. The van der Waals surface area contributed by atoms with Gasteiger partial charge in [-0.25, -0.2) is 8.96 Å². The average molecular weight is 278 g/mol. The third-order valence-electron chi connectivity index (χ3n) is 1.91. The van der Waals surface area contributed by atoms with Gasteiger partial charge >= 0.3 is 5.97 Å². The molecule has 0 atom stereocenters. The molecular formula is C10H13BrFNO2. The Morgan fingerprint density at radius 2 is 1.93 bits per heavy atom. The van der Waals surface area contributed by atoms with Crippen molar-refractivity contribution in [2.45, 2.75) is 25.8 Å². The maximum Gasteiger partial charge on any atom is 0.303 e. The van der Waals surface area contributed by atoms with Gasteiger partial charge in [0.2, 0.25) is 0 Å². The highest BCUT2D eigenvalue weighted by Gasteiger charge is 2.01. The first-order chi connectivity index (χ1) is 6.68. The lowest BCUT2D eigenvalue weighted by atomic mass is 10.2. The maximum atomic E-state index is 12.5. The van der Waals surface area contributed by atoms with E-state index in [1.807, 2.05) is 4.57 Å². The van der Waals surface area contributed by atoms with Gasteiger partial charge in [0, 0.05) is 25.0 Å². The summed E-state index contributed by atoms with van der Waals surface area (Å²) < 4.78 is 14.3. The van der Waals surface area contributed by atoms with E-state index in [0.717, 1.165) is 13.0 Å². The molecule has 1 heterocycles. The van der Waals surface area contributed by atoms with Crippen molar-refractivity contribution in [3.05, 3.63) is 30.3 Å². The van der Waals surface area contributed by atoms with Gasteiger partial charge in [-0.15, -0.1) is 0 Å². The number of unbranched alkanes of at least 4 members (excludes halogenated alkanes) is 1. The fourth-order valence-electron chi connectivity index (χ4n) is 1.16. The van der Waals surface area contributed by atoms with Crippen molar-refractivity contribution in [1.29, 1.82) is 0 Å². The number of carboxylic acids is 1. The number of nitrogens with zero attached hydrogens (tertiary/aromatic N) is 1. The summed E-state index contributed by atoms with van der Waals surface area (Å²) in [7, 11) is 0. The monoisotopic (exact) mass is 277 g/mol. The maximum absolute atomic E-state index is 12.5. The molecule has 0 fully saturated rings. The van der Waals surface area contributed by atoms with Gasteiger partial charge < -0.3 is 22.1 Å². The van der Waals surface area contributed by atoms with Crippen molar-refractivity contribution in [2.75, 3.05) is 0 Å².